The van der Waals surface area contributed by atoms with E-state index >= 15 is 0 Å². The Morgan fingerprint density at radius 2 is 1.87 bits per heavy atom. The minimum Gasteiger partial charge on any atom is -0.354 e. The summed E-state index contributed by atoms with van der Waals surface area (Å²) >= 11 is 0. The summed E-state index contributed by atoms with van der Waals surface area (Å²) in [6.45, 7) is 0.874. The van der Waals surface area contributed by atoms with Gasteiger partial charge >= 0.3 is 0 Å². The van der Waals surface area contributed by atoms with E-state index in [2.05, 4.69) is 27.8 Å². The summed E-state index contributed by atoms with van der Waals surface area (Å²) in [5, 5.41) is 6.65. The first-order valence-corrected chi connectivity index (χ1v) is 8.44. The zero-order valence-electron chi connectivity index (χ0n) is 14.2. The molecule has 0 atom stereocenters. The van der Waals surface area contributed by atoms with Gasteiger partial charge in [0.15, 0.2) is 5.96 Å². The number of benzene rings is 1. The van der Waals surface area contributed by atoms with Gasteiger partial charge in [-0.3, -0.25) is 4.79 Å². The molecule has 2 rings (SSSR count). The Balaban J connectivity index is 1.95. The lowest BCUT2D eigenvalue weighted by Gasteiger charge is -2.25. The van der Waals surface area contributed by atoms with Gasteiger partial charge in [0.2, 0.25) is 5.91 Å². The van der Waals surface area contributed by atoms with E-state index in [0.717, 1.165) is 11.5 Å². The molecule has 1 saturated carbocycles. The molecule has 1 aromatic carbocycles. The van der Waals surface area contributed by atoms with Crippen molar-refractivity contribution >= 4 is 11.9 Å². The van der Waals surface area contributed by atoms with E-state index in [1.54, 1.807) is 19.0 Å². The van der Waals surface area contributed by atoms with E-state index in [-0.39, 0.29) is 12.5 Å². The van der Waals surface area contributed by atoms with Crippen LogP contribution < -0.4 is 10.6 Å². The van der Waals surface area contributed by atoms with Gasteiger partial charge in [-0.25, -0.2) is 4.99 Å². The van der Waals surface area contributed by atoms with Crippen LogP contribution in [0.15, 0.2) is 35.3 Å². The normalized spacial score (nSPS) is 16.0. The summed E-state index contributed by atoms with van der Waals surface area (Å²) in [6, 6.07) is 10.6. The van der Waals surface area contributed by atoms with Gasteiger partial charge in [0.05, 0.1) is 13.1 Å². The number of aliphatic imine (C=N–C) groups is 1. The van der Waals surface area contributed by atoms with Gasteiger partial charge in [0.25, 0.3) is 0 Å². The molecule has 0 unspecified atom stereocenters. The second kappa shape index (κ2) is 9.18. The predicted molar refractivity (Wildman–Crippen MR) is 94.3 cm³/mol. The summed E-state index contributed by atoms with van der Waals surface area (Å²) in [5.41, 5.74) is 1.16. The average molecular weight is 316 g/mol. The van der Waals surface area contributed by atoms with Gasteiger partial charge < -0.3 is 15.5 Å². The molecule has 23 heavy (non-hydrogen) atoms. The van der Waals surface area contributed by atoms with Gasteiger partial charge in [-0.2, -0.15) is 0 Å². The van der Waals surface area contributed by atoms with Crippen molar-refractivity contribution in [3.8, 4) is 0 Å². The molecule has 0 spiro atoms. The maximum atomic E-state index is 11.8. The van der Waals surface area contributed by atoms with Crippen molar-refractivity contribution in [1.29, 1.82) is 0 Å². The summed E-state index contributed by atoms with van der Waals surface area (Å²) in [5.74, 6) is 0.777. The smallest absolute Gasteiger partial charge is 0.241 e. The molecule has 0 bridgehead atoms. The molecule has 2 N–H and O–H groups in total. The van der Waals surface area contributed by atoms with Crippen molar-refractivity contribution in [3.05, 3.63) is 35.9 Å². The van der Waals surface area contributed by atoms with Crippen LogP contribution in [0.25, 0.3) is 0 Å². The molecule has 5 nitrogen and oxygen atoms in total. The largest absolute Gasteiger partial charge is 0.354 e. The van der Waals surface area contributed by atoms with E-state index in [1.165, 1.54) is 32.1 Å². The summed E-state index contributed by atoms with van der Waals surface area (Å²) in [6.07, 6.45) is 6.20. The number of hydrogen-bond acceptors (Lipinski definition) is 2. The molecular weight excluding hydrogens is 288 g/mol. The Morgan fingerprint density at radius 1 is 1.17 bits per heavy atom. The Bertz CT molecular complexity index is 507. The SMILES string of the molecule is CN(C)C(=O)CNC(=NCc1ccccc1)NC1CCCCC1. The number of likely N-dealkylation sites (N-methyl/N-ethyl adjacent to an activating group) is 1. The molecule has 0 aliphatic heterocycles. The van der Waals surface area contributed by atoms with Crippen molar-refractivity contribution in [2.45, 2.75) is 44.7 Å². The van der Waals surface area contributed by atoms with E-state index in [1.807, 2.05) is 18.2 Å². The van der Waals surface area contributed by atoms with Crippen LogP contribution in [0.4, 0.5) is 0 Å². The van der Waals surface area contributed by atoms with Gasteiger partial charge in [-0.05, 0) is 18.4 Å². The molecule has 1 fully saturated rings. The van der Waals surface area contributed by atoms with Gasteiger partial charge in [0, 0.05) is 20.1 Å². The molecule has 0 radical (unpaired) electrons. The molecule has 0 heterocycles. The molecule has 126 valence electrons. The molecule has 0 saturated heterocycles. The van der Waals surface area contributed by atoms with E-state index < -0.39 is 0 Å². The summed E-state index contributed by atoms with van der Waals surface area (Å²) < 4.78 is 0. The lowest BCUT2D eigenvalue weighted by atomic mass is 9.96. The van der Waals surface area contributed by atoms with Crippen molar-refractivity contribution in [1.82, 2.24) is 15.5 Å². The monoisotopic (exact) mass is 316 g/mol. The highest BCUT2D eigenvalue weighted by Crippen LogP contribution is 2.17. The predicted octanol–water partition coefficient (Wildman–Crippen LogP) is 2.14. The lowest BCUT2D eigenvalue weighted by Crippen LogP contribution is -2.47. The maximum absolute atomic E-state index is 11.8. The number of carbonyl (C=O) groups is 1. The van der Waals surface area contributed by atoms with Crippen LogP contribution in [-0.2, 0) is 11.3 Å². The molecular formula is C18H28N4O. The second-order valence-corrected chi connectivity index (χ2v) is 6.27. The fourth-order valence-electron chi connectivity index (χ4n) is 2.66. The summed E-state index contributed by atoms with van der Waals surface area (Å²) in [7, 11) is 3.53. The Hall–Kier alpha value is -2.04. The highest BCUT2D eigenvalue weighted by molar-refractivity contribution is 5.86. The van der Waals surface area contributed by atoms with Crippen LogP contribution >= 0.6 is 0 Å². The highest BCUT2D eigenvalue weighted by atomic mass is 16.2. The highest BCUT2D eigenvalue weighted by Gasteiger charge is 2.15. The number of rotatable bonds is 5. The lowest BCUT2D eigenvalue weighted by molar-refractivity contribution is -0.127. The molecule has 5 heteroatoms. The molecule has 1 aliphatic carbocycles. The van der Waals surface area contributed by atoms with E-state index in [9.17, 15) is 4.79 Å². The van der Waals surface area contributed by atoms with Crippen molar-refractivity contribution < 1.29 is 4.79 Å². The van der Waals surface area contributed by atoms with E-state index in [4.69, 9.17) is 0 Å². The number of nitrogens with one attached hydrogen (secondary N) is 2. The minimum atomic E-state index is 0.0443. The number of guanidine groups is 1. The first kappa shape index (κ1) is 17.3. The number of amides is 1. The van der Waals surface area contributed by atoms with Gasteiger partial charge in [-0.15, -0.1) is 0 Å². The first-order chi connectivity index (χ1) is 11.1. The van der Waals surface area contributed by atoms with Crippen LogP contribution in [-0.4, -0.2) is 43.4 Å². The standard InChI is InChI=1S/C18H28N4O/c1-22(2)17(23)14-20-18(21-16-11-7-4-8-12-16)19-13-15-9-5-3-6-10-15/h3,5-6,9-10,16H,4,7-8,11-14H2,1-2H3,(H2,19,20,21). The minimum absolute atomic E-state index is 0.0443. The fourth-order valence-corrected chi connectivity index (χ4v) is 2.66. The van der Waals surface area contributed by atoms with Crippen LogP contribution in [0.3, 0.4) is 0 Å². The van der Waals surface area contributed by atoms with Crippen LogP contribution in [0, 0.1) is 0 Å². The maximum Gasteiger partial charge on any atom is 0.241 e. The average Bonchev–Trinajstić information content (AvgIpc) is 2.58. The molecule has 0 aromatic heterocycles. The topological polar surface area (TPSA) is 56.7 Å². The van der Waals surface area contributed by atoms with Crippen LogP contribution in [0.2, 0.25) is 0 Å². The Morgan fingerprint density at radius 3 is 2.52 bits per heavy atom. The Kier molecular flexibility index (Phi) is 6.91. The third-order valence-corrected chi connectivity index (χ3v) is 4.11. The first-order valence-electron chi connectivity index (χ1n) is 8.44. The van der Waals surface area contributed by atoms with Crippen molar-refractivity contribution in [2.24, 2.45) is 4.99 Å². The van der Waals surface area contributed by atoms with E-state index in [0.29, 0.717) is 12.6 Å². The van der Waals surface area contributed by atoms with Crippen molar-refractivity contribution in [3.63, 3.8) is 0 Å². The molecule has 1 amide bonds. The molecule has 1 aromatic rings. The number of nitrogens with zero attached hydrogens (tertiary/aromatic N) is 2. The van der Waals surface area contributed by atoms with Crippen LogP contribution in [0.1, 0.15) is 37.7 Å². The zero-order chi connectivity index (χ0) is 16.5. The third-order valence-electron chi connectivity index (χ3n) is 4.11. The number of hydrogen-bond donors (Lipinski definition) is 2. The van der Waals surface area contributed by atoms with Gasteiger partial charge in [-0.1, -0.05) is 49.6 Å². The van der Waals surface area contributed by atoms with Gasteiger partial charge in [0.1, 0.15) is 0 Å². The number of carbonyl (C=O) groups excluding carboxylic acids is 1. The fraction of sp³-hybridized carbons (Fsp3) is 0.556. The molecule has 1 aliphatic rings. The van der Waals surface area contributed by atoms with Crippen molar-refractivity contribution in [2.75, 3.05) is 20.6 Å². The second-order valence-electron chi connectivity index (χ2n) is 6.27. The van der Waals surface area contributed by atoms with Crippen LogP contribution in [0.5, 0.6) is 0 Å². The zero-order valence-corrected chi connectivity index (χ0v) is 14.2. The quantitative estimate of drug-likeness (QED) is 0.646. The Labute approximate surface area is 139 Å². The third kappa shape index (κ3) is 6.30. The summed E-state index contributed by atoms with van der Waals surface area (Å²) in [4.78, 5) is 18.0.